The number of hydrogen-bond donors (Lipinski definition) is 2. The van der Waals surface area contributed by atoms with Crippen LogP contribution in [0.3, 0.4) is 0 Å². The van der Waals surface area contributed by atoms with Crippen LogP contribution in [0.1, 0.15) is 12.8 Å². The van der Waals surface area contributed by atoms with E-state index >= 15 is 0 Å². The van der Waals surface area contributed by atoms with E-state index < -0.39 is 10.0 Å². The summed E-state index contributed by atoms with van der Waals surface area (Å²) in [6, 6.07) is 0. The first kappa shape index (κ1) is 12.9. The zero-order valence-electron chi connectivity index (χ0n) is 8.81. The summed E-state index contributed by atoms with van der Waals surface area (Å²) in [4.78, 5) is 2.54. The second kappa shape index (κ2) is 6.39. The minimum Gasteiger partial charge on any atom is -0.379 e. The van der Waals surface area contributed by atoms with Crippen molar-refractivity contribution in [2.75, 3.05) is 38.6 Å². The molecule has 1 aliphatic heterocycles. The van der Waals surface area contributed by atoms with Gasteiger partial charge >= 0.3 is 0 Å². The highest BCUT2D eigenvalue weighted by Gasteiger charge is 2.17. The number of ether oxygens (including phenoxy) is 1. The summed E-state index contributed by atoms with van der Waals surface area (Å²) in [5.74, 6) is 0.140. The van der Waals surface area contributed by atoms with Crippen LogP contribution in [-0.2, 0) is 14.8 Å². The third-order valence-electron chi connectivity index (χ3n) is 2.15. The predicted molar refractivity (Wildman–Crippen MR) is 57.6 cm³/mol. The van der Waals surface area contributed by atoms with E-state index in [0.717, 1.165) is 6.42 Å². The zero-order valence-corrected chi connectivity index (χ0v) is 9.63. The summed E-state index contributed by atoms with van der Waals surface area (Å²) >= 11 is 0. The summed E-state index contributed by atoms with van der Waals surface area (Å²) in [6.07, 6.45) is 1.35. The molecule has 0 bridgehead atoms. The molecule has 0 saturated carbocycles. The van der Waals surface area contributed by atoms with E-state index in [0.29, 0.717) is 39.3 Å². The molecule has 0 aliphatic carbocycles. The number of hydrogen-bond acceptors (Lipinski definition) is 5. The monoisotopic (exact) mass is 237 g/mol. The topological polar surface area (TPSA) is 84.7 Å². The standard InChI is InChI=1S/C8H19N3O3S/c9-3-1-2-8-15(12,13)10-11-4-6-14-7-5-11/h10H,1-9H2. The summed E-state index contributed by atoms with van der Waals surface area (Å²) in [6.45, 7) is 2.90. The summed E-state index contributed by atoms with van der Waals surface area (Å²) < 4.78 is 28.2. The van der Waals surface area contributed by atoms with E-state index in [1.807, 2.05) is 0 Å². The quantitative estimate of drug-likeness (QED) is 0.572. The van der Waals surface area contributed by atoms with E-state index in [1.54, 1.807) is 5.01 Å². The lowest BCUT2D eigenvalue weighted by atomic mass is 10.3. The average Bonchev–Trinajstić information content (AvgIpc) is 2.18. The highest BCUT2D eigenvalue weighted by molar-refractivity contribution is 7.89. The van der Waals surface area contributed by atoms with Crippen molar-refractivity contribution in [1.29, 1.82) is 0 Å². The first-order valence-corrected chi connectivity index (χ1v) is 6.82. The molecule has 0 amide bonds. The minimum atomic E-state index is -3.19. The molecule has 1 heterocycles. The largest absolute Gasteiger partial charge is 0.379 e. The van der Waals surface area contributed by atoms with Crippen molar-refractivity contribution in [3.8, 4) is 0 Å². The van der Waals surface area contributed by atoms with Crippen molar-refractivity contribution in [3.05, 3.63) is 0 Å². The van der Waals surface area contributed by atoms with Crippen LogP contribution in [0.25, 0.3) is 0 Å². The molecule has 6 nitrogen and oxygen atoms in total. The Morgan fingerprint density at radius 3 is 2.53 bits per heavy atom. The van der Waals surface area contributed by atoms with Gasteiger partial charge in [-0.05, 0) is 19.4 Å². The van der Waals surface area contributed by atoms with Gasteiger partial charge < -0.3 is 10.5 Å². The average molecular weight is 237 g/mol. The van der Waals surface area contributed by atoms with Crippen LogP contribution in [0, 0.1) is 0 Å². The van der Waals surface area contributed by atoms with Gasteiger partial charge in [-0.15, -0.1) is 4.83 Å². The third-order valence-corrected chi connectivity index (χ3v) is 3.51. The van der Waals surface area contributed by atoms with E-state index in [2.05, 4.69) is 4.83 Å². The van der Waals surface area contributed by atoms with Gasteiger partial charge in [-0.25, -0.2) is 13.4 Å². The number of morpholine rings is 1. The maximum atomic E-state index is 11.5. The molecule has 1 rings (SSSR count). The van der Waals surface area contributed by atoms with Gasteiger partial charge in [-0.2, -0.15) is 0 Å². The molecule has 1 saturated heterocycles. The molecular weight excluding hydrogens is 218 g/mol. The van der Waals surface area contributed by atoms with E-state index in [-0.39, 0.29) is 5.75 Å². The molecule has 1 fully saturated rings. The Kier molecular flexibility index (Phi) is 5.48. The fourth-order valence-corrected chi connectivity index (χ4v) is 2.58. The molecule has 0 unspecified atom stereocenters. The lowest BCUT2D eigenvalue weighted by Gasteiger charge is -2.26. The van der Waals surface area contributed by atoms with Crippen LogP contribution in [0.5, 0.6) is 0 Å². The molecule has 0 aromatic heterocycles. The number of unbranched alkanes of at least 4 members (excludes halogenated alkanes) is 1. The lowest BCUT2D eigenvalue weighted by molar-refractivity contribution is 0.0272. The van der Waals surface area contributed by atoms with E-state index in [1.165, 1.54) is 0 Å². The number of nitrogens with one attached hydrogen (secondary N) is 1. The van der Waals surface area contributed by atoms with Crippen molar-refractivity contribution in [2.45, 2.75) is 12.8 Å². The first-order chi connectivity index (χ1) is 7.14. The number of nitrogens with two attached hydrogens (primary N) is 1. The van der Waals surface area contributed by atoms with Gasteiger partial charge in [0.15, 0.2) is 0 Å². The van der Waals surface area contributed by atoms with Crippen LogP contribution in [0.2, 0.25) is 0 Å². The van der Waals surface area contributed by atoms with Crippen LogP contribution in [0.4, 0.5) is 0 Å². The van der Waals surface area contributed by atoms with Crippen molar-refractivity contribution >= 4 is 10.0 Å². The SMILES string of the molecule is NCCCCS(=O)(=O)NN1CCOCC1. The van der Waals surface area contributed by atoms with Gasteiger partial charge in [0.25, 0.3) is 0 Å². The van der Waals surface area contributed by atoms with Crippen LogP contribution in [0.15, 0.2) is 0 Å². The van der Waals surface area contributed by atoms with Gasteiger partial charge in [0.2, 0.25) is 10.0 Å². The molecule has 7 heteroatoms. The third kappa shape index (κ3) is 5.43. The Morgan fingerprint density at radius 1 is 1.27 bits per heavy atom. The smallest absolute Gasteiger partial charge is 0.224 e. The Balaban J connectivity index is 2.27. The maximum absolute atomic E-state index is 11.5. The fraction of sp³-hybridized carbons (Fsp3) is 1.00. The molecule has 1 aliphatic rings. The molecule has 3 N–H and O–H groups in total. The molecule has 15 heavy (non-hydrogen) atoms. The maximum Gasteiger partial charge on any atom is 0.224 e. The molecular formula is C8H19N3O3S. The highest BCUT2D eigenvalue weighted by atomic mass is 32.2. The van der Waals surface area contributed by atoms with Gasteiger partial charge in [-0.1, -0.05) is 0 Å². The minimum absolute atomic E-state index is 0.140. The normalized spacial score (nSPS) is 19.3. The van der Waals surface area contributed by atoms with Crippen LogP contribution >= 0.6 is 0 Å². The van der Waals surface area contributed by atoms with Gasteiger partial charge in [0, 0.05) is 13.1 Å². The van der Waals surface area contributed by atoms with Gasteiger partial charge in [-0.3, -0.25) is 0 Å². The van der Waals surface area contributed by atoms with Crippen molar-refractivity contribution in [1.82, 2.24) is 9.84 Å². The Labute approximate surface area is 90.8 Å². The number of sulfonamides is 1. The van der Waals surface area contributed by atoms with Crippen molar-refractivity contribution < 1.29 is 13.2 Å². The number of rotatable bonds is 6. The van der Waals surface area contributed by atoms with E-state index in [9.17, 15) is 8.42 Å². The lowest BCUT2D eigenvalue weighted by Crippen LogP contribution is -2.48. The second-order valence-electron chi connectivity index (χ2n) is 3.51. The van der Waals surface area contributed by atoms with Crippen molar-refractivity contribution in [3.63, 3.8) is 0 Å². The van der Waals surface area contributed by atoms with Gasteiger partial charge in [0.05, 0.1) is 19.0 Å². The molecule has 0 aromatic rings. The van der Waals surface area contributed by atoms with Crippen molar-refractivity contribution in [2.24, 2.45) is 5.73 Å². The zero-order chi connectivity index (χ0) is 11.1. The fourth-order valence-electron chi connectivity index (χ4n) is 1.33. The molecule has 90 valence electrons. The number of nitrogens with zero attached hydrogens (tertiary/aromatic N) is 1. The molecule has 0 atom stereocenters. The molecule has 0 aromatic carbocycles. The Bertz CT molecular complexity index is 262. The Morgan fingerprint density at radius 2 is 1.93 bits per heavy atom. The number of hydrazine groups is 1. The van der Waals surface area contributed by atoms with Crippen LogP contribution < -0.4 is 10.6 Å². The summed E-state index contributed by atoms with van der Waals surface area (Å²) in [7, 11) is -3.19. The molecule has 0 radical (unpaired) electrons. The Hall–Kier alpha value is -0.210. The summed E-state index contributed by atoms with van der Waals surface area (Å²) in [5, 5.41) is 1.68. The second-order valence-corrected chi connectivity index (χ2v) is 5.33. The van der Waals surface area contributed by atoms with Crippen LogP contribution in [-0.4, -0.2) is 52.0 Å². The highest BCUT2D eigenvalue weighted by Crippen LogP contribution is 1.98. The van der Waals surface area contributed by atoms with E-state index in [4.69, 9.17) is 10.5 Å². The first-order valence-electron chi connectivity index (χ1n) is 5.17. The predicted octanol–water partition coefficient (Wildman–Crippen LogP) is -1.11. The summed E-state index contributed by atoms with van der Waals surface area (Å²) in [5.41, 5.74) is 5.30. The van der Waals surface area contributed by atoms with Gasteiger partial charge in [0.1, 0.15) is 0 Å². The molecule has 0 spiro atoms.